The van der Waals surface area contributed by atoms with Crippen LogP contribution >= 0.6 is 23.2 Å². The number of halogens is 2. The molecule has 2 atom stereocenters. The molecule has 1 N–H and O–H groups in total. The summed E-state index contributed by atoms with van der Waals surface area (Å²) in [7, 11) is 0. The van der Waals surface area contributed by atoms with Crippen LogP contribution in [0.1, 0.15) is 48.8 Å². The first-order valence-corrected chi connectivity index (χ1v) is 8.58. The highest BCUT2D eigenvalue weighted by molar-refractivity contribution is 6.30. The summed E-state index contributed by atoms with van der Waals surface area (Å²) < 4.78 is 0. The van der Waals surface area contributed by atoms with E-state index in [0.29, 0.717) is 5.02 Å². The molecule has 0 heterocycles. The van der Waals surface area contributed by atoms with Crippen molar-refractivity contribution in [3.8, 4) is 0 Å². The van der Waals surface area contributed by atoms with Gasteiger partial charge in [0.05, 0.1) is 6.10 Å². The van der Waals surface area contributed by atoms with Gasteiger partial charge in [-0.1, -0.05) is 60.3 Å². The molecular weight excluding hydrogens is 315 g/mol. The van der Waals surface area contributed by atoms with Gasteiger partial charge in [-0.05, 0) is 54.2 Å². The molecule has 1 saturated carbocycles. The predicted octanol–water partition coefficient (Wildman–Crippen LogP) is 6.00. The predicted molar refractivity (Wildman–Crippen MR) is 92.6 cm³/mol. The highest BCUT2D eigenvalue weighted by Gasteiger charge is 2.27. The SMILES string of the molecule is O[C@H](c1cccc(Cl)c1)[C@H](CCC1CC1)c1ccc(Cl)cc1. The Labute approximate surface area is 141 Å². The van der Waals surface area contributed by atoms with Crippen LogP contribution in [0.4, 0.5) is 0 Å². The van der Waals surface area contributed by atoms with Crippen molar-refractivity contribution < 1.29 is 5.11 Å². The molecule has 2 aromatic carbocycles. The smallest absolute Gasteiger partial charge is 0.0859 e. The third kappa shape index (κ3) is 4.04. The average molecular weight is 335 g/mol. The molecule has 0 amide bonds. The van der Waals surface area contributed by atoms with Crippen LogP contribution < -0.4 is 0 Å². The first kappa shape index (κ1) is 15.9. The zero-order chi connectivity index (χ0) is 15.5. The molecule has 1 fully saturated rings. The Kier molecular flexibility index (Phi) is 5.07. The lowest BCUT2D eigenvalue weighted by Gasteiger charge is -2.24. The van der Waals surface area contributed by atoms with Gasteiger partial charge in [-0.3, -0.25) is 0 Å². The van der Waals surface area contributed by atoms with Gasteiger partial charge in [0.1, 0.15) is 0 Å². The molecule has 116 valence electrons. The first-order valence-electron chi connectivity index (χ1n) is 7.82. The maximum Gasteiger partial charge on any atom is 0.0859 e. The Bertz CT molecular complexity index is 620. The lowest BCUT2D eigenvalue weighted by molar-refractivity contribution is 0.138. The van der Waals surface area contributed by atoms with Crippen molar-refractivity contribution in [1.29, 1.82) is 0 Å². The number of aliphatic hydroxyl groups excluding tert-OH is 1. The molecule has 3 heteroatoms. The summed E-state index contributed by atoms with van der Waals surface area (Å²) in [6.07, 6.45) is 4.28. The van der Waals surface area contributed by atoms with E-state index in [4.69, 9.17) is 23.2 Å². The normalized spacial score (nSPS) is 17.2. The van der Waals surface area contributed by atoms with E-state index >= 15 is 0 Å². The maximum absolute atomic E-state index is 10.9. The average Bonchev–Trinajstić information content (AvgIpc) is 3.33. The fourth-order valence-electron chi connectivity index (χ4n) is 2.96. The number of hydrogen-bond acceptors (Lipinski definition) is 1. The van der Waals surface area contributed by atoms with E-state index in [2.05, 4.69) is 0 Å². The molecule has 0 spiro atoms. The van der Waals surface area contributed by atoms with E-state index in [1.807, 2.05) is 48.5 Å². The second-order valence-corrected chi connectivity index (χ2v) is 7.05. The van der Waals surface area contributed by atoms with Crippen LogP contribution in [0.15, 0.2) is 48.5 Å². The summed E-state index contributed by atoms with van der Waals surface area (Å²) >= 11 is 12.1. The number of benzene rings is 2. The van der Waals surface area contributed by atoms with Gasteiger partial charge < -0.3 is 5.11 Å². The highest BCUT2D eigenvalue weighted by atomic mass is 35.5. The van der Waals surface area contributed by atoms with Crippen LogP contribution in [0.3, 0.4) is 0 Å². The van der Waals surface area contributed by atoms with Crippen LogP contribution in [0.25, 0.3) is 0 Å². The van der Waals surface area contributed by atoms with Crippen molar-refractivity contribution in [3.63, 3.8) is 0 Å². The van der Waals surface area contributed by atoms with Gasteiger partial charge >= 0.3 is 0 Å². The molecule has 0 unspecified atom stereocenters. The summed E-state index contributed by atoms with van der Waals surface area (Å²) in [6, 6.07) is 15.3. The fraction of sp³-hybridized carbons (Fsp3) is 0.368. The van der Waals surface area contributed by atoms with E-state index in [9.17, 15) is 5.11 Å². The van der Waals surface area contributed by atoms with Gasteiger partial charge in [-0.2, -0.15) is 0 Å². The van der Waals surface area contributed by atoms with Crippen molar-refractivity contribution in [1.82, 2.24) is 0 Å². The molecule has 0 aliphatic heterocycles. The Hall–Kier alpha value is -1.02. The molecule has 2 aromatic rings. The number of aliphatic hydroxyl groups is 1. The van der Waals surface area contributed by atoms with Crippen LogP contribution in [0, 0.1) is 5.92 Å². The van der Waals surface area contributed by atoms with E-state index in [1.54, 1.807) is 0 Å². The summed E-state index contributed by atoms with van der Waals surface area (Å²) in [5, 5.41) is 12.3. The van der Waals surface area contributed by atoms with Gasteiger partial charge in [0, 0.05) is 16.0 Å². The zero-order valence-corrected chi connectivity index (χ0v) is 13.9. The first-order chi connectivity index (χ1) is 10.6. The molecule has 0 aromatic heterocycles. The van der Waals surface area contributed by atoms with E-state index in [0.717, 1.165) is 28.5 Å². The summed E-state index contributed by atoms with van der Waals surface area (Å²) in [4.78, 5) is 0. The van der Waals surface area contributed by atoms with Crippen molar-refractivity contribution >= 4 is 23.2 Å². The number of hydrogen-bond donors (Lipinski definition) is 1. The van der Waals surface area contributed by atoms with Gasteiger partial charge in [0.15, 0.2) is 0 Å². The molecule has 0 saturated heterocycles. The minimum Gasteiger partial charge on any atom is -0.388 e. The molecule has 0 bridgehead atoms. The van der Waals surface area contributed by atoms with Gasteiger partial charge in [-0.25, -0.2) is 0 Å². The van der Waals surface area contributed by atoms with Crippen LogP contribution in [-0.4, -0.2) is 5.11 Å². The summed E-state index contributed by atoms with van der Waals surface area (Å²) in [5.74, 6) is 0.928. The van der Waals surface area contributed by atoms with Crippen molar-refractivity contribution in [2.24, 2.45) is 5.92 Å². The summed E-state index contributed by atoms with van der Waals surface area (Å²) in [5.41, 5.74) is 2.01. The Balaban J connectivity index is 1.84. The van der Waals surface area contributed by atoms with Crippen LogP contribution in [-0.2, 0) is 0 Å². The second kappa shape index (κ2) is 7.04. The van der Waals surface area contributed by atoms with Crippen molar-refractivity contribution in [2.45, 2.75) is 37.7 Å². The molecular formula is C19H20Cl2O. The van der Waals surface area contributed by atoms with Gasteiger partial charge in [-0.15, -0.1) is 0 Å². The van der Waals surface area contributed by atoms with E-state index in [-0.39, 0.29) is 5.92 Å². The minimum absolute atomic E-state index is 0.0799. The Morgan fingerprint density at radius 1 is 0.955 bits per heavy atom. The molecule has 22 heavy (non-hydrogen) atoms. The monoisotopic (exact) mass is 334 g/mol. The van der Waals surface area contributed by atoms with Gasteiger partial charge in [0.2, 0.25) is 0 Å². The topological polar surface area (TPSA) is 20.2 Å². The molecule has 1 aliphatic rings. The van der Waals surface area contributed by atoms with Crippen molar-refractivity contribution in [3.05, 3.63) is 69.7 Å². The van der Waals surface area contributed by atoms with Crippen LogP contribution in [0.2, 0.25) is 10.0 Å². The quantitative estimate of drug-likeness (QED) is 0.686. The van der Waals surface area contributed by atoms with Gasteiger partial charge in [0.25, 0.3) is 0 Å². The largest absolute Gasteiger partial charge is 0.388 e. The fourth-order valence-corrected chi connectivity index (χ4v) is 3.29. The minimum atomic E-state index is -0.543. The molecule has 1 nitrogen and oxygen atoms in total. The lowest BCUT2D eigenvalue weighted by Crippen LogP contribution is -2.11. The lowest BCUT2D eigenvalue weighted by atomic mass is 9.85. The van der Waals surface area contributed by atoms with E-state index in [1.165, 1.54) is 19.3 Å². The number of rotatable bonds is 6. The summed E-state index contributed by atoms with van der Waals surface area (Å²) in [6.45, 7) is 0. The highest BCUT2D eigenvalue weighted by Crippen LogP contribution is 2.41. The van der Waals surface area contributed by atoms with Crippen molar-refractivity contribution in [2.75, 3.05) is 0 Å². The van der Waals surface area contributed by atoms with E-state index < -0.39 is 6.10 Å². The maximum atomic E-state index is 10.9. The standard InChI is InChI=1S/C19H20Cl2O/c20-16-9-7-14(8-10-16)18(11-6-13-4-5-13)19(22)15-2-1-3-17(21)12-15/h1-3,7-10,12-13,18-19,22H,4-6,11H2/t18-,19-/m1/s1. The molecule has 1 aliphatic carbocycles. The Morgan fingerprint density at radius 3 is 2.32 bits per heavy atom. The molecule has 0 radical (unpaired) electrons. The van der Waals surface area contributed by atoms with Crippen LogP contribution in [0.5, 0.6) is 0 Å². The zero-order valence-electron chi connectivity index (χ0n) is 12.4. The third-order valence-electron chi connectivity index (χ3n) is 4.45. The third-order valence-corrected chi connectivity index (χ3v) is 4.94. The molecule has 3 rings (SSSR count). The second-order valence-electron chi connectivity index (χ2n) is 6.18. The Morgan fingerprint density at radius 2 is 1.68 bits per heavy atom.